The van der Waals surface area contributed by atoms with Crippen LogP contribution in [0.1, 0.15) is 5.56 Å². The highest BCUT2D eigenvalue weighted by Gasteiger charge is 2.13. The Labute approximate surface area is 196 Å². The Bertz CT molecular complexity index is 1360. The van der Waals surface area contributed by atoms with Crippen LogP contribution in [-0.4, -0.2) is 27.0 Å². The van der Waals surface area contributed by atoms with Crippen LogP contribution in [0, 0.1) is 0 Å². The third kappa shape index (κ3) is 4.86. The van der Waals surface area contributed by atoms with E-state index >= 15 is 0 Å². The number of ether oxygens (including phenoxy) is 2. The molecule has 5 rings (SSSR count). The zero-order chi connectivity index (χ0) is 23.2. The molecule has 8 heteroatoms. The lowest BCUT2D eigenvalue weighted by molar-refractivity contribution is 0.280. The van der Waals surface area contributed by atoms with Gasteiger partial charge in [0.25, 0.3) is 0 Å². The molecule has 0 aliphatic rings. The first-order chi connectivity index (χ1) is 16.8. The van der Waals surface area contributed by atoms with Crippen LogP contribution in [0.2, 0.25) is 0 Å². The van der Waals surface area contributed by atoms with Gasteiger partial charge in [-0.1, -0.05) is 60.7 Å². The van der Waals surface area contributed by atoms with Crippen LogP contribution < -0.4 is 14.8 Å². The van der Waals surface area contributed by atoms with E-state index in [-0.39, 0.29) is 6.01 Å². The minimum absolute atomic E-state index is 0.227. The molecule has 34 heavy (non-hydrogen) atoms. The van der Waals surface area contributed by atoms with E-state index in [4.69, 9.17) is 13.9 Å². The van der Waals surface area contributed by atoms with Gasteiger partial charge in [0.05, 0.1) is 18.9 Å². The molecular weight excluding hydrogens is 430 g/mol. The van der Waals surface area contributed by atoms with E-state index in [0.29, 0.717) is 29.9 Å². The predicted octanol–water partition coefficient (Wildman–Crippen LogP) is 5.52. The van der Waals surface area contributed by atoms with Gasteiger partial charge >= 0.3 is 6.01 Å². The van der Waals surface area contributed by atoms with Crippen molar-refractivity contribution in [2.24, 2.45) is 0 Å². The van der Waals surface area contributed by atoms with Crippen molar-refractivity contribution in [1.82, 2.24) is 19.9 Å². The SMILES string of the molecule is COc1cc(Nc2nc(OCc3ccccc3)nc(-c3ccccc3)n2)ccc1-c1cnco1. The Morgan fingerprint density at radius 1 is 0.882 bits per heavy atom. The maximum absolute atomic E-state index is 5.90. The molecule has 2 heterocycles. The standard InChI is InChI=1S/C26H21N5O3/c1-32-22-14-20(12-13-21(22)23-15-27-17-34-23)28-25-29-24(19-10-6-3-7-11-19)30-26(31-25)33-16-18-8-4-2-5-9-18/h2-15,17H,16H2,1H3,(H,28,29,30,31). The fourth-order valence-corrected chi connectivity index (χ4v) is 3.37. The highest BCUT2D eigenvalue weighted by atomic mass is 16.5. The summed E-state index contributed by atoms with van der Waals surface area (Å²) in [5.41, 5.74) is 3.40. The Morgan fingerprint density at radius 2 is 1.68 bits per heavy atom. The van der Waals surface area contributed by atoms with Crippen molar-refractivity contribution < 1.29 is 13.9 Å². The number of hydrogen-bond acceptors (Lipinski definition) is 8. The Balaban J connectivity index is 1.45. The second kappa shape index (κ2) is 9.83. The van der Waals surface area contributed by atoms with E-state index in [2.05, 4.69) is 25.3 Å². The quantitative estimate of drug-likeness (QED) is 0.329. The van der Waals surface area contributed by atoms with E-state index in [1.807, 2.05) is 78.9 Å². The van der Waals surface area contributed by atoms with Crippen LogP contribution in [0.15, 0.2) is 95.9 Å². The molecule has 0 saturated heterocycles. The summed E-state index contributed by atoms with van der Waals surface area (Å²) in [7, 11) is 1.60. The van der Waals surface area contributed by atoms with Gasteiger partial charge in [0.15, 0.2) is 18.0 Å². The molecule has 0 atom stereocenters. The first kappa shape index (κ1) is 21.1. The van der Waals surface area contributed by atoms with E-state index < -0.39 is 0 Å². The highest BCUT2D eigenvalue weighted by molar-refractivity contribution is 5.71. The van der Waals surface area contributed by atoms with E-state index in [9.17, 15) is 0 Å². The summed E-state index contributed by atoms with van der Waals surface area (Å²) in [4.78, 5) is 17.6. The minimum atomic E-state index is 0.227. The van der Waals surface area contributed by atoms with Crippen molar-refractivity contribution in [3.05, 3.63) is 97.0 Å². The largest absolute Gasteiger partial charge is 0.496 e. The Morgan fingerprint density at radius 3 is 2.41 bits per heavy atom. The lowest BCUT2D eigenvalue weighted by Gasteiger charge is -2.12. The minimum Gasteiger partial charge on any atom is -0.496 e. The molecule has 0 aliphatic heterocycles. The highest BCUT2D eigenvalue weighted by Crippen LogP contribution is 2.33. The molecule has 5 aromatic rings. The fourth-order valence-electron chi connectivity index (χ4n) is 3.37. The summed E-state index contributed by atoms with van der Waals surface area (Å²) in [6, 6.07) is 25.4. The summed E-state index contributed by atoms with van der Waals surface area (Å²) in [6.45, 7) is 0.345. The normalized spacial score (nSPS) is 10.6. The number of anilines is 2. The summed E-state index contributed by atoms with van der Waals surface area (Å²) in [6.07, 6.45) is 3.02. The summed E-state index contributed by atoms with van der Waals surface area (Å²) >= 11 is 0. The van der Waals surface area contributed by atoms with Crippen molar-refractivity contribution in [3.8, 4) is 34.5 Å². The van der Waals surface area contributed by atoms with Gasteiger partial charge < -0.3 is 19.2 Å². The smallest absolute Gasteiger partial charge is 0.322 e. The number of methoxy groups -OCH3 is 1. The van der Waals surface area contributed by atoms with Crippen molar-refractivity contribution in [1.29, 1.82) is 0 Å². The van der Waals surface area contributed by atoms with Gasteiger partial charge in [0.1, 0.15) is 12.4 Å². The maximum Gasteiger partial charge on any atom is 0.322 e. The van der Waals surface area contributed by atoms with Crippen LogP contribution in [-0.2, 0) is 6.61 Å². The molecule has 0 amide bonds. The van der Waals surface area contributed by atoms with Crippen LogP contribution in [0.5, 0.6) is 11.8 Å². The van der Waals surface area contributed by atoms with Crippen LogP contribution in [0.3, 0.4) is 0 Å². The molecule has 3 aromatic carbocycles. The summed E-state index contributed by atoms with van der Waals surface area (Å²) in [5.74, 6) is 2.10. The molecule has 1 N–H and O–H groups in total. The molecular formula is C26H21N5O3. The van der Waals surface area contributed by atoms with Crippen molar-refractivity contribution >= 4 is 11.6 Å². The van der Waals surface area contributed by atoms with Crippen molar-refractivity contribution in [2.75, 3.05) is 12.4 Å². The van der Waals surface area contributed by atoms with Gasteiger partial charge in [-0.3, -0.25) is 0 Å². The molecule has 0 radical (unpaired) electrons. The van der Waals surface area contributed by atoms with Gasteiger partial charge in [0.2, 0.25) is 5.95 Å². The van der Waals surface area contributed by atoms with Crippen molar-refractivity contribution in [2.45, 2.75) is 6.61 Å². The zero-order valence-corrected chi connectivity index (χ0v) is 18.4. The molecule has 8 nitrogen and oxygen atoms in total. The van der Waals surface area contributed by atoms with Gasteiger partial charge in [-0.05, 0) is 17.7 Å². The topological polar surface area (TPSA) is 95.2 Å². The molecule has 0 bridgehead atoms. The van der Waals surface area contributed by atoms with Gasteiger partial charge in [-0.2, -0.15) is 15.0 Å². The molecule has 2 aromatic heterocycles. The number of benzene rings is 3. The molecule has 0 spiro atoms. The summed E-state index contributed by atoms with van der Waals surface area (Å²) < 4.78 is 16.8. The first-order valence-electron chi connectivity index (χ1n) is 10.6. The lowest BCUT2D eigenvalue weighted by Crippen LogP contribution is -2.06. The van der Waals surface area contributed by atoms with E-state index in [0.717, 1.165) is 22.4 Å². The van der Waals surface area contributed by atoms with E-state index in [1.54, 1.807) is 13.3 Å². The van der Waals surface area contributed by atoms with Gasteiger partial charge in [-0.25, -0.2) is 4.98 Å². The predicted molar refractivity (Wildman–Crippen MR) is 128 cm³/mol. The second-order valence-electron chi connectivity index (χ2n) is 7.31. The number of nitrogens with zero attached hydrogens (tertiary/aromatic N) is 4. The first-order valence-corrected chi connectivity index (χ1v) is 10.6. The molecule has 0 unspecified atom stereocenters. The van der Waals surface area contributed by atoms with Gasteiger partial charge in [0, 0.05) is 17.3 Å². The molecule has 0 fully saturated rings. The number of hydrogen-bond donors (Lipinski definition) is 1. The molecule has 0 aliphatic carbocycles. The Hall–Kier alpha value is -4.72. The zero-order valence-electron chi connectivity index (χ0n) is 18.4. The average Bonchev–Trinajstić information content (AvgIpc) is 3.43. The third-order valence-corrected chi connectivity index (χ3v) is 5.01. The monoisotopic (exact) mass is 451 g/mol. The maximum atomic E-state index is 5.90. The third-order valence-electron chi connectivity index (χ3n) is 5.01. The van der Waals surface area contributed by atoms with Crippen LogP contribution in [0.25, 0.3) is 22.7 Å². The fraction of sp³-hybridized carbons (Fsp3) is 0.0769. The second-order valence-corrected chi connectivity index (χ2v) is 7.31. The van der Waals surface area contributed by atoms with E-state index in [1.165, 1.54) is 6.39 Å². The number of nitrogens with one attached hydrogen (secondary N) is 1. The number of rotatable bonds is 8. The average molecular weight is 451 g/mol. The lowest BCUT2D eigenvalue weighted by atomic mass is 10.1. The Kier molecular flexibility index (Phi) is 6.11. The van der Waals surface area contributed by atoms with Gasteiger partial charge in [-0.15, -0.1) is 0 Å². The number of oxazole rings is 1. The number of aromatic nitrogens is 4. The van der Waals surface area contributed by atoms with Crippen molar-refractivity contribution in [3.63, 3.8) is 0 Å². The molecule has 168 valence electrons. The molecule has 0 saturated carbocycles. The van der Waals surface area contributed by atoms with Crippen LogP contribution in [0.4, 0.5) is 11.6 Å². The summed E-state index contributed by atoms with van der Waals surface area (Å²) in [5, 5.41) is 3.23. The van der Waals surface area contributed by atoms with Crippen LogP contribution >= 0.6 is 0 Å².